The van der Waals surface area contributed by atoms with Gasteiger partial charge in [-0.2, -0.15) is 0 Å². The second kappa shape index (κ2) is 7.70. The summed E-state index contributed by atoms with van der Waals surface area (Å²) in [7, 11) is 1.64. The average molecular weight is 319 g/mol. The fourth-order valence-corrected chi connectivity index (χ4v) is 2.90. The third-order valence-electron chi connectivity index (χ3n) is 4.18. The summed E-state index contributed by atoms with van der Waals surface area (Å²) in [5, 5.41) is 0. The molecule has 0 saturated heterocycles. The molecule has 0 amide bonds. The van der Waals surface area contributed by atoms with Crippen LogP contribution in [0.25, 0.3) is 0 Å². The van der Waals surface area contributed by atoms with Crippen LogP contribution < -0.4 is 4.74 Å². The molecule has 3 atom stereocenters. The molecule has 0 bridgehead atoms. The predicted molar refractivity (Wildman–Crippen MR) is 86.7 cm³/mol. The number of rotatable bonds is 6. The van der Waals surface area contributed by atoms with Crippen molar-refractivity contribution in [3.05, 3.63) is 41.7 Å². The van der Waals surface area contributed by atoms with Gasteiger partial charge in [0.05, 0.1) is 12.4 Å². The van der Waals surface area contributed by atoms with Crippen molar-refractivity contribution in [2.75, 3.05) is 20.3 Å². The highest BCUT2D eigenvalue weighted by Gasteiger charge is 2.21. The number of aliphatic imine (C=N–C) groups is 1. The van der Waals surface area contributed by atoms with E-state index < -0.39 is 0 Å². The third kappa shape index (κ3) is 4.39. The molecule has 1 aliphatic carbocycles. The molecule has 1 aromatic rings. The molecule has 0 saturated carbocycles. The van der Waals surface area contributed by atoms with E-state index in [1.165, 1.54) is 5.56 Å². The second-order valence-corrected chi connectivity index (χ2v) is 5.88. The van der Waals surface area contributed by atoms with Crippen LogP contribution in [0.1, 0.15) is 30.7 Å². The van der Waals surface area contributed by atoms with E-state index in [-0.39, 0.29) is 18.2 Å². The number of halogens is 1. The topological polar surface area (TPSA) is 40.0 Å². The summed E-state index contributed by atoms with van der Waals surface area (Å²) >= 11 is 0. The van der Waals surface area contributed by atoms with Gasteiger partial charge in [0.2, 0.25) is 0 Å². The predicted octanol–water partition coefficient (Wildman–Crippen LogP) is 3.63. The average Bonchev–Trinajstić information content (AvgIpc) is 3.02. The molecule has 124 valence electrons. The number of hydrogen-bond acceptors (Lipinski definition) is 4. The van der Waals surface area contributed by atoms with E-state index in [0.29, 0.717) is 25.6 Å². The molecule has 0 radical (unpaired) electrons. The Labute approximate surface area is 136 Å². The number of ether oxygens (including phenoxy) is 3. The Hall–Kier alpha value is -1.72. The summed E-state index contributed by atoms with van der Waals surface area (Å²) in [6, 6.07) is 8.03. The van der Waals surface area contributed by atoms with E-state index in [2.05, 4.69) is 17.1 Å². The van der Waals surface area contributed by atoms with Crippen LogP contribution >= 0.6 is 0 Å². The maximum atomic E-state index is 13.1. The fourth-order valence-electron chi connectivity index (χ4n) is 2.90. The second-order valence-electron chi connectivity index (χ2n) is 5.88. The molecule has 3 rings (SSSR count). The minimum Gasteiger partial charge on any atom is -0.489 e. The Balaban J connectivity index is 1.48. The van der Waals surface area contributed by atoms with E-state index >= 15 is 0 Å². The Morgan fingerprint density at radius 3 is 2.78 bits per heavy atom. The van der Waals surface area contributed by atoms with E-state index in [0.717, 1.165) is 18.6 Å². The van der Waals surface area contributed by atoms with Crippen LogP contribution in [-0.2, 0) is 9.47 Å². The lowest BCUT2D eigenvalue weighted by Crippen LogP contribution is -2.23. The molecule has 5 heteroatoms. The van der Waals surface area contributed by atoms with Crippen molar-refractivity contribution in [2.45, 2.75) is 37.5 Å². The van der Waals surface area contributed by atoms with Crippen LogP contribution in [0, 0.1) is 0 Å². The minimum atomic E-state index is -0.277. The van der Waals surface area contributed by atoms with Crippen LogP contribution in [0.2, 0.25) is 0 Å². The zero-order valence-electron chi connectivity index (χ0n) is 13.3. The van der Waals surface area contributed by atoms with E-state index in [9.17, 15) is 4.39 Å². The van der Waals surface area contributed by atoms with Gasteiger partial charge in [0, 0.05) is 13.3 Å². The van der Waals surface area contributed by atoms with Gasteiger partial charge in [-0.15, -0.1) is 0 Å². The molecule has 1 heterocycles. The molecular formula is C18H22FNO3. The van der Waals surface area contributed by atoms with Crippen LogP contribution in [0.15, 0.2) is 41.2 Å². The largest absolute Gasteiger partial charge is 0.489 e. The summed E-state index contributed by atoms with van der Waals surface area (Å²) in [4.78, 5) is 4.25. The first-order chi connectivity index (χ1) is 11.2. The molecule has 0 N–H and O–H groups in total. The molecule has 0 spiro atoms. The number of methoxy groups -OCH3 is 1. The van der Waals surface area contributed by atoms with Gasteiger partial charge in [-0.3, -0.25) is 4.99 Å². The number of benzene rings is 1. The van der Waals surface area contributed by atoms with Crippen molar-refractivity contribution in [1.82, 2.24) is 0 Å². The molecule has 2 unspecified atom stereocenters. The maximum Gasteiger partial charge on any atom is 0.182 e. The van der Waals surface area contributed by atoms with Gasteiger partial charge < -0.3 is 14.2 Å². The highest BCUT2D eigenvalue weighted by atomic mass is 19.1. The summed E-state index contributed by atoms with van der Waals surface area (Å²) in [6.45, 7) is 0.887. The van der Waals surface area contributed by atoms with Crippen molar-refractivity contribution in [3.8, 4) is 5.75 Å². The minimum absolute atomic E-state index is 0.0186. The summed E-state index contributed by atoms with van der Waals surface area (Å²) in [5.74, 6) is 1.21. The van der Waals surface area contributed by atoms with Gasteiger partial charge >= 0.3 is 0 Å². The highest BCUT2D eigenvalue weighted by molar-refractivity contribution is 5.65. The first kappa shape index (κ1) is 16.1. The lowest BCUT2D eigenvalue weighted by molar-refractivity contribution is -0.0104. The van der Waals surface area contributed by atoms with Crippen molar-refractivity contribution < 1.29 is 18.6 Å². The molecule has 1 aromatic carbocycles. The highest BCUT2D eigenvalue weighted by Crippen LogP contribution is 2.33. The molecular weight excluding hydrogens is 297 g/mol. The van der Waals surface area contributed by atoms with E-state index in [1.807, 2.05) is 12.1 Å². The number of nitrogens with zero attached hydrogens (tertiary/aromatic N) is 1. The summed E-state index contributed by atoms with van der Waals surface area (Å²) < 4.78 is 29.5. The molecule has 0 fully saturated rings. The maximum absolute atomic E-state index is 13.1. The fraction of sp³-hybridized carbons (Fsp3) is 0.500. The van der Waals surface area contributed by atoms with Gasteiger partial charge in [-0.25, -0.2) is 4.39 Å². The first-order valence-corrected chi connectivity index (χ1v) is 7.99. The molecule has 2 aliphatic rings. The van der Waals surface area contributed by atoms with Crippen LogP contribution in [0.5, 0.6) is 5.75 Å². The zero-order valence-corrected chi connectivity index (χ0v) is 13.3. The molecule has 1 aliphatic heterocycles. The number of allylic oxidation sites excluding steroid dienone is 2. The quantitative estimate of drug-likeness (QED) is 0.804. The number of hydrogen-bond donors (Lipinski definition) is 0. The van der Waals surface area contributed by atoms with Crippen molar-refractivity contribution in [3.63, 3.8) is 0 Å². The summed E-state index contributed by atoms with van der Waals surface area (Å²) in [5.41, 5.74) is 1.23. The lowest BCUT2D eigenvalue weighted by Gasteiger charge is -2.19. The normalized spacial score (nSPS) is 27.0. The Bertz CT molecular complexity index is 570. The SMILES string of the molecule is COCC1C=N[C@H](COc2ccc(C3CC=C(F)CC3)cc2)O1. The van der Waals surface area contributed by atoms with Crippen LogP contribution in [0.4, 0.5) is 4.39 Å². The molecule has 4 nitrogen and oxygen atoms in total. The van der Waals surface area contributed by atoms with Gasteiger partial charge in [0.25, 0.3) is 0 Å². The van der Waals surface area contributed by atoms with E-state index in [4.69, 9.17) is 14.2 Å². The van der Waals surface area contributed by atoms with Gasteiger partial charge in [0.1, 0.15) is 18.5 Å². The third-order valence-corrected chi connectivity index (χ3v) is 4.18. The van der Waals surface area contributed by atoms with Crippen LogP contribution in [0.3, 0.4) is 0 Å². The van der Waals surface area contributed by atoms with Gasteiger partial charge in [0.15, 0.2) is 6.23 Å². The Morgan fingerprint density at radius 2 is 2.09 bits per heavy atom. The van der Waals surface area contributed by atoms with Crippen LogP contribution in [-0.4, -0.2) is 38.9 Å². The van der Waals surface area contributed by atoms with Gasteiger partial charge in [-0.1, -0.05) is 18.2 Å². The summed E-state index contributed by atoms with van der Waals surface area (Å²) in [6.07, 6.45) is 5.28. The molecule has 23 heavy (non-hydrogen) atoms. The monoisotopic (exact) mass is 319 g/mol. The Morgan fingerprint density at radius 1 is 1.26 bits per heavy atom. The van der Waals surface area contributed by atoms with E-state index in [1.54, 1.807) is 19.4 Å². The first-order valence-electron chi connectivity index (χ1n) is 7.99. The Kier molecular flexibility index (Phi) is 5.41. The van der Waals surface area contributed by atoms with Crippen molar-refractivity contribution in [1.29, 1.82) is 0 Å². The smallest absolute Gasteiger partial charge is 0.182 e. The van der Waals surface area contributed by atoms with Crippen molar-refractivity contribution >= 4 is 6.21 Å². The molecule has 0 aromatic heterocycles. The zero-order chi connectivity index (χ0) is 16.1. The standard InChI is InChI=1S/C18H22FNO3/c1-21-11-17-10-20-18(23-17)12-22-16-8-4-14(5-9-16)13-2-6-15(19)7-3-13/h4-6,8-10,13,17-18H,2-3,7,11-12H2,1H3/t13?,17?,18-/m0/s1. The van der Waals surface area contributed by atoms with Gasteiger partial charge in [-0.05, 0) is 42.9 Å². The lowest BCUT2D eigenvalue weighted by atomic mass is 9.87. The van der Waals surface area contributed by atoms with Crippen molar-refractivity contribution in [2.24, 2.45) is 4.99 Å².